The van der Waals surface area contributed by atoms with E-state index in [-0.39, 0.29) is 6.61 Å². The van der Waals surface area contributed by atoms with Crippen molar-refractivity contribution in [1.82, 2.24) is 9.80 Å². The lowest BCUT2D eigenvalue weighted by atomic mass is 9.99. The molecule has 2 rings (SSSR count). The molecule has 1 aliphatic carbocycles. The number of hydrogen-bond donors (Lipinski definition) is 1. The van der Waals surface area contributed by atoms with Crippen LogP contribution in [0.1, 0.15) is 64.7 Å². The Morgan fingerprint density at radius 1 is 1.14 bits per heavy atom. The van der Waals surface area contributed by atoms with Crippen LogP contribution in [0.3, 0.4) is 0 Å². The van der Waals surface area contributed by atoms with Gasteiger partial charge in [0.05, 0.1) is 6.61 Å². The topological polar surface area (TPSA) is 43.8 Å². The van der Waals surface area contributed by atoms with Gasteiger partial charge in [-0.15, -0.1) is 0 Å². The molecule has 0 spiro atoms. The van der Waals surface area contributed by atoms with Gasteiger partial charge in [-0.25, -0.2) is 0 Å². The van der Waals surface area contributed by atoms with Crippen molar-refractivity contribution in [3.8, 4) is 0 Å². The molecule has 0 aromatic heterocycles. The number of piperidine rings is 1. The summed E-state index contributed by atoms with van der Waals surface area (Å²) in [7, 11) is 0. The summed E-state index contributed by atoms with van der Waals surface area (Å²) < 4.78 is 0. The fourth-order valence-electron chi connectivity index (χ4n) is 4.16. The van der Waals surface area contributed by atoms with Gasteiger partial charge in [0.2, 0.25) is 5.91 Å². The van der Waals surface area contributed by atoms with Gasteiger partial charge in [0.1, 0.15) is 0 Å². The van der Waals surface area contributed by atoms with Crippen LogP contribution in [0.5, 0.6) is 0 Å². The van der Waals surface area contributed by atoms with E-state index in [0.717, 1.165) is 64.2 Å². The molecule has 0 atom stereocenters. The highest BCUT2D eigenvalue weighted by Gasteiger charge is 2.26. The molecule has 0 radical (unpaired) electrons. The van der Waals surface area contributed by atoms with Crippen molar-refractivity contribution in [1.29, 1.82) is 0 Å². The van der Waals surface area contributed by atoms with Crippen LogP contribution in [0.25, 0.3) is 0 Å². The maximum absolute atomic E-state index is 12.4. The highest BCUT2D eigenvalue weighted by molar-refractivity contribution is 5.76. The number of likely N-dealkylation sites (tertiary alicyclic amines) is 1. The molecule has 1 N–H and O–H groups in total. The summed E-state index contributed by atoms with van der Waals surface area (Å²) in [5.41, 5.74) is 0. The van der Waals surface area contributed by atoms with Crippen LogP contribution in [0.2, 0.25) is 0 Å². The molecule has 1 aliphatic heterocycles. The molecule has 2 fully saturated rings. The van der Waals surface area contributed by atoms with E-state index in [4.69, 9.17) is 0 Å². The third-order valence-corrected chi connectivity index (χ3v) is 5.47. The summed E-state index contributed by atoms with van der Waals surface area (Å²) >= 11 is 0. The van der Waals surface area contributed by atoms with Crippen molar-refractivity contribution in [2.24, 2.45) is 5.92 Å². The number of carbonyl (C=O) groups is 1. The first kappa shape index (κ1) is 17.7. The van der Waals surface area contributed by atoms with Crippen molar-refractivity contribution in [2.75, 3.05) is 32.8 Å². The van der Waals surface area contributed by atoms with Gasteiger partial charge in [-0.05, 0) is 38.1 Å². The second kappa shape index (κ2) is 9.51. The molecule has 22 heavy (non-hydrogen) atoms. The van der Waals surface area contributed by atoms with Crippen molar-refractivity contribution < 1.29 is 9.90 Å². The third-order valence-electron chi connectivity index (χ3n) is 5.47. The standard InChI is InChI=1S/C18H34N2O2/c1-2-11-19(14-15-21)17-9-12-20(13-10-17)18(22)8-7-16-5-3-4-6-16/h16-17,21H,2-15H2,1H3. The molecule has 1 saturated carbocycles. The molecule has 1 amide bonds. The SMILES string of the molecule is CCCN(CCO)C1CCN(C(=O)CCC2CCCC2)CC1. The Bertz CT molecular complexity index is 315. The summed E-state index contributed by atoms with van der Waals surface area (Å²) in [5.74, 6) is 1.18. The van der Waals surface area contributed by atoms with Crippen LogP contribution in [0.4, 0.5) is 0 Å². The molecule has 4 heteroatoms. The lowest BCUT2D eigenvalue weighted by Crippen LogP contribution is -2.47. The van der Waals surface area contributed by atoms with Crippen LogP contribution in [0.15, 0.2) is 0 Å². The summed E-state index contributed by atoms with van der Waals surface area (Å²) in [6.07, 6.45) is 10.5. The smallest absolute Gasteiger partial charge is 0.222 e. The fourth-order valence-corrected chi connectivity index (χ4v) is 4.16. The van der Waals surface area contributed by atoms with E-state index >= 15 is 0 Å². The van der Waals surface area contributed by atoms with Gasteiger partial charge in [-0.3, -0.25) is 9.69 Å². The van der Waals surface area contributed by atoms with Crippen LogP contribution >= 0.6 is 0 Å². The molecule has 0 aromatic carbocycles. The number of amides is 1. The van der Waals surface area contributed by atoms with Crippen LogP contribution in [-0.2, 0) is 4.79 Å². The maximum Gasteiger partial charge on any atom is 0.222 e. The molecule has 1 saturated heterocycles. The molecule has 1 heterocycles. The number of carbonyl (C=O) groups excluding carboxylic acids is 1. The Hall–Kier alpha value is -0.610. The zero-order valence-corrected chi connectivity index (χ0v) is 14.3. The van der Waals surface area contributed by atoms with E-state index in [2.05, 4.69) is 16.7 Å². The Morgan fingerprint density at radius 2 is 1.82 bits per heavy atom. The predicted octanol–water partition coefficient (Wildman–Crippen LogP) is 2.65. The van der Waals surface area contributed by atoms with Gasteiger partial charge in [-0.1, -0.05) is 32.6 Å². The van der Waals surface area contributed by atoms with Gasteiger partial charge >= 0.3 is 0 Å². The maximum atomic E-state index is 12.4. The summed E-state index contributed by atoms with van der Waals surface area (Å²) in [5, 5.41) is 9.20. The normalized spacial score (nSPS) is 21.0. The zero-order valence-electron chi connectivity index (χ0n) is 14.3. The van der Waals surface area contributed by atoms with Gasteiger partial charge in [0.15, 0.2) is 0 Å². The number of aliphatic hydroxyl groups excluding tert-OH is 1. The summed E-state index contributed by atoms with van der Waals surface area (Å²) in [6, 6.07) is 0.547. The number of hydrogen-bond acceptors (Lipinski definition) is 3. The Balaban J connectivity index is 1.69. The molecule has 0 aromatic rings. The highest BCUT2D eigenvalue weighted by atomic mass is 16.3. The molecular weight excluding hydrogens is 276 g/mol. The number of aliphatic hydroxyl groups is 1. The van der Waals surface area contributed by atoms with Crippen molar-refractivity contribution in [3.63, 3.8) is 0 Å². The molecule has 0 bridgehead atoms. The predicted molar refractivity (Wildman–Crippen MR) is 89.7 cm³/mol. The largest absolute Gasteiger partial charge is 0.395 e. The van der Waals surface area contributed by atoms with E-state index in [0.29, 0.717) is 11.9 Å². The van der Waals surface area contributed by atoms with Gasteiger partial charge in [-0.2, -0.15) is 0 Å². The van der Waals surface area contributed by atoms with Crippen molar-refractivity contribution in [2.45, 2.75) is 70.8 Å². The Morgan fingerprint density at radius 3 is 2.41 bits per heavy atom. The monoisotopic (exact) mass is 310 g/mol. The number of rotatable bonds is 8. The summed E-state index contributed by atoms with van der Waals surface area (Å²) in [4.78, 5) is 16.8. The Labute approximate surface area is 135 Å². The molecular formula is C18H34N2O2. The van der Waals surface area contributed by atoms with Crippen LogP contribution in [0, 0.1) is 5.92 Å². The second-order valence-corrected chi connectivity index (χ2v) is 7.06. The van der Waals surface area contributed by atoms with Crippen molar-refractivity contribution in [3.05, 3.63) is 0 Å². The Kier molecular flexibility index (Phi) is 7.67. The summed E-state index contributed by atoms with van der Waals surface area (Å²) in [6.45, 7) is 6.06. The van der Waals surface area contributed by atoms with Gasteiger partial charge in [0, 0.05) is 32.1 Å². The first-order valence-corrected chi connectivity index (χ1v) is 9.37. The first-order chi connectivity index (χ1) is 10.7. The molecule has 4 nitrogen and oxygen atoms in total. The minimum atomic E-state index is 0.237. The minimum Gasteiger partial charge on any atom is -0.395 e. The molecule has 128 valence electrons. The van der Waals surface area contributed by atoms with E-state index in [1.54, 1.807) is 0 Å². The lowest BCUT2D eigenvalue weighted by Gasteiger charge is -2.38. The minimum absolute atomic E-state index is 0.237. The average molecular weight is 310 g/mol. The molecule has 0 unspecified atom stereocenters. The van der Waals surface area contributed by atoms with Crippen LogP contribution in [-0.4, -0.2) is 59.6 Å². The van der Waals surface area contributed by atoms with E-state index in [1.807, 2.05) is 0 Å². The number of nitrogens with zero attached hydrogens (tertiary/aromatic N) is 2. The highest BCUT2D eigenvalue weighted by Crippen LogP contribution is 2.29. The third kappa shape index (κ3) is 5.24. The van der Waals surface area contributed by atoms with E-state index < -0.39 is 0 Å². The average Bonchev–Trinajstić information content (AvgIpc) is 3.06. The van der Waals surface area contributed by atoms with Crippen molar-refractivity contribution >= 4 is 5.91 Å². The quantitative estimate of drug-likeness (QED) is 0.749. The molecule has 2 aliphatic rings. The lowest BCUT2D eigenvalue weighted by molar-refractivity contribution is -0.133. The van der Waals surface area contributed by atoms with E-state index in [9.17, 15) is 9.90 Å². The fraction of sp³-hybridized carbons (Fsp3) is 0.944. The van der Waals surface area contributed by atoms with E-state index in [1.165, 1.54) is 25.7 Å². The zero-order chi connectivity index (χ0) is 15.8. The second-order valence-electron chi connectivity index (χ2n) is 7.06. The van der Waals surface area contributed by atoms with Gasteiger partial charge in [0.25, 0.3) is 0 Å². The van der Waals surface area contributed by atoms with Crippen LogP contribution < -0.4 is 0 Å². The van der Waals surface area contributed by atoms with Gasteiger partial charge < -0.3 is 10.0 Å². The first-order valence-electron chi connectivity index (χ1n) is 9.37.